The monoisotopic (exact) mass is 617 g/mol. The van der Waals surface area contributed by atoms with Crippen LogP contribution < -0.4 is 4.90 Å². The molecule has 2 heteroatoms. The molecule has 2 aliphatic rings. The molecule has 0 radical (unpaired) electrons. The Morgan fingerprint density at radius 3 is 1.74 bits per heavy atom. The van der Waals surface area contributed by atoms with Gasteiger partial charge >= 0.3 is 0 Å². The Labute approximate surface area is 279 Å². The summed E-state index contributed by atoms with van der Waals surface area (Å²) in [6, 6.07) is 56.3. The number of fused-ring (bicyclic) bond motifs is 11. The van der Waals surface area contributed by atoms with Gasteiger partial charge in [0, 0.05) is 20.9 Å². The van der Waals surface area contributed by atoms with E-state index in [1.54, 1.807) is 0 Å². The van der Waals surface area contributed by atoms with Crippen molar-refractivity contribution in [1.29, 1.82) is 0 Å². The molecule has 0 amide bonds. The van der Waals surface area contributed by atoms with Gasteiger partial charge in [-0.05, 0) is 108 Å². The Kier molecular flexibility index (Phi) is 5.63. The van der Waals surface area contributed by atoms with Gasteiger partial charge in [0.15, 0.2) is 0 Å². The van der Waals surface area contributed by atoms with Gasteiger partial charge in [-0.3, -0.25) is 0 Å². The second-order valence-corrected chi connectivity index (χ2v) is 14.4. The second kappa shape index (κ2) is 9.84. The highest BCUT2D eigenvalue weighted by molar-refractivity contribution is 7.99. The standard InChI is InChI=1S/C45H31NS/c1-45(2)39-19-11-10-18-36(39)38-26-44-42(27-40(38)45)46(30-12-4-3-5-13-30)41-23-21-29(25-43(41)47-44)28-20-22-35-33-16-7-6-14-31(33)32-15-8-9-17-34(32)37(35)24-28/h3-27H,1-2H3. The average molecular weight is 618 g/mol. The lowest BCUT2D eigenvalue weighted by Gasteiger charge is -2.34. The molecule has 222 valence electrons. The SMILES string of the molecule is CC1(C)c2ccccc2-c2cc3c(cc21)N(c1ccccc1)c1ccc(-c2ccc4c5ccccc5c5ccccc5c4c2)cc1S3. The molecule has 8 aromatic rings. The fourth-order valence-electron chi connectivity index (χ4n) is 8.12. The summed E-state index contributed by atoms with van der Waals surface area (Å²) in [6.07, 6.45) is 0. The third-order valence-corrected chi connectivity index (χ3v) is 11.5. The number of para-hydroxylation sites is 1. The van der Waals surface area contributed by atoms with E-state index in [0.29, 0.717) is 0 Å². The van der Waals surface area contributed by atoms with Crippen LogP contribution in [0.4, 0.5) is 17.1 Å². The molecule has 0 spiro atoms. The summed E-state index contributed by atoms with van der Waals surface area (Å²) in [5.74, 6) is 0. The first-order valence-electron chi connectivity index (χ1n) is 16.4. The van der Waals surface area contributed by atoms with Crippen molar-refractivity contribution in [3.63, 3.8) is 0 Å². The maximum Gasteiger partial charge on any atom is 0.0605 e. The molecule has 0 aromatic heterocycles. The molecular formula is C45H31NS. The number of anilines is 3. The van der Waals surface area contributed by atoms with Gasteiger partial charge in [-0.1, -0.05) is 135 Å². The Hall–Kier alpha value is -5.31. The smallest absolute Gasteiger partial charge is 0.0605 e. The van der Waals surface area contributed by atoms with Gasteiger partial charge < -0.3 is 4.90 Å². The molecule has 0 unspecified atom stereocenters. The Morgan fingerprint density at radius 1 is 0.426 bits per heavy atom. The first-order valence-corrected chi connectivity index (χ1v) is 17.2. The van der Waals surface area contributed by atoms with Gasteiger partial charge in [0.25, 0.3) is 0 Å². The van der Waals surface area contributed by atoms with Crippen LogP contribution in [-0.4, -0.2) is 0 Å². The largest absolute Gasteiger partial charge is 0.308 e. The van der Waals surface area contributed by atoms with Crippen molar-refractivity contribution in [3.8, 4) is 22.3 Å². The zero-order chi connectivity index (χ0) is 31.3. The lowest BCUT2D eigenvalue weighted by atomic mass is 9.82. The minimum atomic E-state index is -0.0519. The maximum atomic E-state index is 2.46. The summed E-state index contributed by atoms with van der Waals surface area (Å²) in [6.45, 7) is 4.73. The summed E-state index contributed by atoms with van der Waals surface area (Å²) in [7, 11) is 0. The lowest BCUT2D eigenvalue weighted by molar-refractivity contribution is 0.660. The molecule has 0 saturated carbocycles. The van der Waals surface area contributed by atoms with Crippen molar-refractivity contribution in [2.75, 3.05) is 4.90 Å². The maximum absolute atomic E-state index is 2.46. The van der Waals surface area contributed by atoms with Gasteiger partial charge in [-0.2, -0.15) is 0 Å². The van der Waals surface area contributed by atoms with Crippen LogP contribution in [-0.2, 0) is 5.41 Å². The van der Waals surface area contributed by atoms with E-state index in [2.05, 4.69) is 170 Å². The van der Waals surface area contributed by atoms with E-state index in [-0.39, 0.29) is 5.41 Å². The molecule has 0 atom stereocenters. The normalized spacial score (nSPS) is 14.2. The summed E-state index contributed by atoms with van der Waals surface area (Å²) < 4.78 is 0. The number of hydrogen-bond acceptors (Lipinski definition) is 2. The molecule has 1 aliphatic carbocycles. The zero-order valence-corrected chi connectivity index (χ0v) is 27.1. The lowest BCUT2D eigenvalue weighted by Crippen LogP contribution is -2.18. The minimum Gasteiger partial charge on any atom is -0.308 e. The van der Waals surface area contributed by atoms with Gasteiger partial charge in [0.05, 0.1) is 11.4 Å². The molecule has 0 fully saturated rings. The fourth-order valence-corrected chi connectivity index (χ4v) is 9.24. The average Bonchev–Trinajstić information content (AvgIpc) is 3.35. The van der Waals surface area contributed by atoms with Gasteiger partial charge in [0.1, 0.15) is 0 Å². The van der Waals surface area contributed by atoms with Crippen LogP contribution in [0.5, 0.6) is 0 Å². The van der Waals surface area contributed by atoms with E-state index in [0.717, 1.165) is 0 Å². The summed E-state index contributed by atoms with van der Waals surface area (Å²) in [5, 5.41) is 7.83. The topological polar surface area (TPSA) is 3.24 Å². The highest BCUT2D eigenvalue weighted by Gasteiger charge is 2.38. The summed E-state index contributed by atoms with van der Waals surface area (Å²) in [4.78, 5) is 5.03. The van der Waals surface area contributed by atoms with E-state index in [9.17, 15) is 0 Å². The molecule has 47 heavy (non-hydrogen) atoms. The second-order valence-electron chi connectivity index (χ2n) is 13.3. The number of benzene rings is 8. The van der Waals surface area contributed by atoms with Crippen molar-refractivity contribution in [2.45, 2.75) is 29.1 Å². The van der Waals surface area contributed by atoms with E-state index in [1.165, 1.54) is 92.6 Å². The molecular weight excluding hydrogens is 587 g/mol. The third kappa shape index (κ3) is 3.86. The molecule has 8 aromatic carbocycles. The molecule has 0 bridgehead atoms. The van der Waals surface area contributed by atoms with Crippen molar-refractivity contribution in [2.24, 2.45) is 0 Å². The Bertz CT molecular complexity index is 2540. The van der Waals surface area contributed by atoms with Gasteiger partial charge in [-0.15, -0.1) is 0 Å². The number of hydrogen-bond donors (Lipinski definition) is 0. The molecule has 1 nitrogen and oxygen atoms in total. The van der Waals surface area contributed by atoms with Crippen LogP contribution in [0.25, 0.3) is 54.6 Å². The predicted molar refractivity (Wildman–Crippen MR) is 201 cm³/mol. The van der Waals surface area contributed by atoms with Crippen molar-refractivity contribution < 1.29 is 0 Å². The quantitative estimate of drug-likeness (QED) is 0.178. The molecule has 1 aliphatic heterocycles. The van der Waals surface area contributed by atoms with E-state index >= 15 is 0 Å². The van der Waals surface area contributed by atoms with Gasteiger partial charge in [-0.25, -0.2) is 0 Å². The molecule has 0 N–H and O–H groups in total. The van der Waals surface area contributed by atoms with Crippen LogP contribution in [0.15, 0.2) is 161 Å². The zero-order valence-electron chi connectivity index (χ0n) is 26.3. The van der Waals surface area contributed by atoms with Crippen molar-refractivity contribution >= 4 is 61.1 Å². The van der Waals surface area contributed by atoms with Gasteiger partial charge in [0.2, 0.25) is 0 Å². The van der Waals surface area contributed by atoms with Crippen molar-refractivity contribution in [1.82, 2.24) is 0 Å². The fraction of sp³-hybridized carbons (Fsp3) is 0.0667. The molecule has 10 rings (SSSR count). The summed E-state index contributed by atoms with van der Waals surface area (Å²) >= 11 is 1.90. The van der Waals surface area contributed by atoms with Crippen LogP contribution >= 0.6 is 11.8 Å². The number of rotatable bonds is 2. The highest BCUT2D eigenvalue weighted by atomic mass is 32.2. The van der Waals surface area contributed by atoms with E-state index < -0.39 is 0 Å². The highest BCUT2D eigenvalue weighted by Crippen LogP contribution is 2.57. The van der Waals surface area contributed by atoms with Crippen LogP contribution in [0, 0.1) is 0 Å². The number of nitrogens with zero attached hydrogens (tertiary/aromatic N) is 1. The van der Waals surface area contributed by atoms with E-state index in [4.69, 9.17) is 0 Å². The van der Waals surface area contributed by atoms with Crippen molar-refractivity contribution in [3.05, 3.63) is 163 Å². The van der Waals surface area contributed by atoms with Crippen LogP contribution in [0.1, 0.15) is 25.0 Å². The minimum absolute atomic E-state index is 0.0519. The molecule has 1 heterocycles. The third-order valence-electron chi connectivity index (χ3n) is 10.4. The summed E-state index contributed by atoms with van der Waals surface area (Å²) in [5.41, 5.74) is 11.6. The predicted octanol–water partition coefficient (Wildman–Crippen LogP) is 13.1. The Morgan fingerprint density at radius 2 is 1.00 bits per heavy atom. The van der Waals surface area contributed by atoms with Crippen LogP contribution in [0.2, 0.25) is 0 Å². The molecule has 0 saturated heterocycles. The van der Waals surface area contributed by atoms with Crippen LogP contribution in [0.3, 0.4) is 0 Å². The first-order chi connectivity index (χ1) is 23.1. The van der Waals surface area contributed by atoms with E-state index in [1.807, 2.05) is 11.8 Å². The first kappa shape index (κ1) is 26.9. The Balaban J connectivity index is 1.16.